The molecular weight excluding hydrogens is 392 g/mol. The van der Waals surface area contributed by atoms with E-state index in [9.17, 15) is 18.7 Å². The first-order chi connectivity index (χ1) is 14.5. The second kappa shape index (κ2) is 8.23. The predicted molar refractivity (Wildman–Crippen MR) is 107 cm³/mol. The van der Waals surface area contributed by atoms with E-state index < -0.39 is 6.04 Å². The number of benzene rings is 2. The molecule has 1 fully saturated rings. The van der Waals surface area contributed by atoms with Crippen LogP contribution >= 0.6 is 0 Å². The van der Waals surface area contributed by atoms with Gasteiger partial charge in [0.15, 0.2) is 5.70 Å². The number of fused-ring (bicyclic) bond motifs is 1. The molecule has 8 heteroatoms. The highest BCUT2D eigenvalue weighted by atomic mass is 19.1. The Labute approximate surface area is 172 Å². The summed E-state index contributed by atoms with van der Waals surface area (Å²) in [6.07, 6.45) is 1.53. The third kappa shape index (κ3) is 3.78. The lowest BCUT2D eigenvalue weighted by Gasteiger charge is -2.43. The standard InChI is InChI=1S/C22H21F2N3O3/c1-26-12-18(27-21(22(26)29)19(28)13-30-11-10-25-27)20(14-2-6-16(23)7-3-14)15-4-8-17(24)9-5-15/h2-10,18,20,28H,11-13H2,1H3/b21-19+,25-10-. The Kier molecular flexibility index (Phi) is 5.50. The van der Waals surface area contributed by atoms with E-state index in [4.69, 9.17) is 4.74 Å². The number of halogens is 2. The zero-order valence-corrected chi connectivity index (χ0v) is 16.3. The number of ether oxygens (including phenoxy) is 1. The predicted octanol–water partition coefficient (Wildman–Crippen LogP) is 3.02. The van der Waals surface area contributed by atoms with Crippen molar-refractivity contribution in [2.45, 2.75) is 12.0 Å². The third-order valence-corrected chi connectivity index (χ3v) is 5.31. The average molecular weight is 413 g/mol. The van der Waals surface area contributed by atoms with Crippen molar-refractivity contribution in [2.75, 3.05) is 26.8 Å². The highest BCUT2D eigenvalue weighted by Gasteiger charge is 2.42. The Hall–Kier alpha value is -3.26. The van der Waals surface area contributed by atoms with Crippen LogP contribution in [0.4, 0.5) is 8.78 Å². The van der Waals surface area contributed by atoms with E-state index >= 15 is 0 Å². The normalized spacial score (nSPS) is 23.2. The van der Waals surface area contributed by atoms with Crippen LogP contribution in [0.1, 0.15) is 17.0 Å². The summed E-state index contributed by atoms with van der Waals surface area (Å²) in [7, 11) is 1.64. The highest BCUT2D eigenvalue weighted by Crippen LogP contribution is 2.37. The molecule has 0 aromatic heterocycles. The van der Waals surface area contributed by atoms with E-state index in [-0.39, 0.29) is 48.1 Å². The van der Waals surface area contributed by atoms with Gasteiger partial charge in [-0.1, -0.05) is 24.3 Å². The maximum Gasteiger partial charge on any atom is 0.275 e. The first-order valence-corrected chi connectivity index (χ1v) is 9.53. The van der Waals surface area contributed by atoms with Crippen LogP contribution in [0.2, 0.25) is 0 Å². The van der Waals surface area contributed by atoms with Gasteiger partial charge in [-0.05, 0) is 35.4 Å². The minimum Gasteiger partial charge on any atom is -0.507 e. The van der Waals surface area contributed by atoms with Gasteiger partial charge in [-0.3, -0.25) is 9.80 Å². The molecular formula is C22H21F2N3O3. The number of piperazine rings is 1. The van der Waals surface area contributed by atoms with Gasteiger partial charge in [-0.2, -0.15) is 5.10 Å². The number of nitrogens with zero attached hydrogens (tertiary/aromatic N) is 3. The fraction of sp³-hybridized carbons (Fsp3) is 0.273. The summed E-state index contributed by atoms with van der Waals surface area (Å²) in [4.78, 5) is 14.3. The number of amides is 1. The van der Waals surface area contributed by atoms with Crippen LogP contribution in [-0.2, 0) is 9.53 Å². The lowest BCUT2D eigenvalue weighted by atomic mass is 9.83. The van der Waals surface area contributed by atoms with E-state index in [2.05, 4.69) is 5.10 Å². The van der Waals surface area contributed by atoms with Gasteiger partial charge in [0.1, 0.15) is 24.0 Å². The Morgan fingerprint density at radius 3 is 2.20 bits per heavy atom. The van der Waals surface area contributed by atoms with Crippen molar-refractivity contribution in [1.82, 2.24) is 9.91 Å². The van der Waals surface area contributed by atoms with Crippen molar-refractivity contribution in [1.29, 1.82) is 0 Å². The summed E-state index contributed by atoms with van der Waals surface area (Å²) < 4.78 is 32.5. The fourth-order valence-electron chi connectivity index (χ4n) is 3.91. The molecule has 156 valence electrons. The molecule has 2 aromatic carbocycles. The number of likely N-dealkylation sites (N-methyl/N-ethyl adjacent to an activating group) is 1. The van der Waals surface area contributed by atoms with Gasteiger partial charge in [0.25, 0.3) is 5.91 Å². The number of hydrazone groups is 1. The number of carbonyl (C=O) groups is 1. The molecule has 1 saturated heterocycles. The quantitative estimate of drug-likeness (QED) is 0.840. The Morgan fingerprint density at radius 1 is 1.07 bits per heavy atom. The number of hydrogen-bond acceptors (Lipinski definition) is 5. The average Bonchev–Trinajstić information content (AvgIpc) is 2.72. The third-order valence-electron chi connectivity index (χ3n) is 5.31. The van der Waals surface area contributed by atoms with Crippen molar-refractivity contribution < 1.29 is 23.4 Å². The Balaban J connectivity index is 1.86. The minimum atomic E-state index is -0.421. The highest BCUT2D eigenvalue weighted by molar-refractivity contribution is 5.94. The van der Waals surface area contributed by atoms with Gasteiger partial charge in [-0.15, -0.1) is 0 Å². The van der Waals surface area contributed by atoms with Crippen LogP contribution in [0, 0.1) is 11.6 Å². The van der Waals surface area contributed by atoms with Gasteiger partial charge in [-0.25, -0.2) is 8.78 Å². The van der Waals surface area contributed by atoms with Crippen LogP contribution in [0.25, 0.3) is 0 Å². The summed E-state index contributed by atoms with van der Waals surface area (Å²) in [5.74, 6) is -1.69. The maximum absolute atomic E-state index is 13.6. The molecule has 2 aromatic rings. The smallest absolute Gasteiger partial charge is 0.275 e. The molecule has 4 rings (SSSR count). The van der Waals surface area contributed by atoms with Crippen LogP contribution in [0.3, 0.4) is 0 Å². The van der Waals surface area contributed by atoms with E-state index in [1.54, 1.807) is 31.3 Å². The lowest BCUT2D eigenvalue weighted by molar-refractivity contribution is -0.132. The molecule has 0 aliphatic carbocycles. The second-order valence-corrected chi connectivity index (χ2v) is 7.29. The molecule has 0 saturated carbocycles. The van der Waals surface area contributed by atoms with Crippen LogP contribution < -0.4 is 0 Å². The molecule has 1 N–H and O–H groups in total. The molecule has 1 atom stereocenters. The summed E-state index contributed by atoms with van der Waals surface area (Å²) >= 11 is 0. The van der Waals surface area contributed by atoms with E-state index in [1.165, 1.54) is 40.4 Å². The van der Waals surface area contributed by atoms with Gasteiger partial charge in [0, 0.05) is 19.5 Å². The van der Waals surface area contributed by atoms with Crippen LogP contribution in [0.5, 0.6) is 0 Å². The number of carbonyl (C=O) groups excluding carboxylic acids is 1. The molecule has 0 radical (unpaired) electrons. The molecule has 2 heterocycles. The molecule has 2 aliphatic heterocycles. The van der Waals surface area contributed by atoms with Crippen molar-refractivity contribution in [3.8, 4) is 0 Å². The van der Waals surface area contributed by atoms with E-state index in [0.29, 0.717) is 6.54 Å². The monoisotopic (exact) mass is 413 g/mol. The number of aliphatic hydroxyl groups excluding tert-OH is 1. The van der Waals surface area contributed by atoms with Crippen LogP contribution in [0.15, 0.2) is 65.1 Å². The first kappa shape index (κ1) is 20.0. The number of rotatable bonds is 3. The lowest BCUT2D eigenvalue weighted by Crippen LogP contribution is -2.54. The van der Waals surface area contributed by atoms with Crippen molar-refractivity contribution in [3.63, 3.8) is 0 Å². The largest absolute Gasteiger partial charge is 0.507 e. The van der Waals surface area contributed by atoms with Crippen molar-refractivity contribution in [3.05, 3.63) is 82.7 Å². The van der Waals surface area contributed by atoms with Crippen LogP contribution in [-0.4, -0.2) is 60.0 Å². The Bertz CT molecular complexity index is 944. The summed E-state index contributed by atoms with van der Waals surface area (Å²) in [6.45, 7) is 0.373. The van der Waals surface area contributed by atoms with E-state index in [1.807, 2.05) is 0 Å². The number of hydrogen-bond donors (Lipinski definition) is 1. The number of aliphatic hydroxyl groups is 1. The maximum atomic E-state index is 13.6. The van der Waals surface area contributed by atoms with Crippen molar-refractivity contribution in [2.24, 2.45) is 5.10 Å². The summed E-state index contributed by atoms with van der Waals surface area (Å²) in [6, 6.07) is 11.7. The fourth-order valence-corrected chi connectivity index (χ4v) is 3.91. The molecule has 0 bridgehead atoms. The van der Waals surface area contributed by atoms with Gasteiger partial charge < -0.3 is 14.7 Å². The zero-order chi connectivity index (χ0) is 21.3. The molecule has 1 unspecified atom stereocenters. The molecule has 30 heavy (non-hydrogen) atoms. The minimum absolute atomic E-state index is 0.0407. The molecule has 0 spiro atoms. The molecule has 1 amide bonds. The van der Waals surface area contributed by atoms with Gasteiger partial charge in [0.2, 0.25) is 0 Å². The first-order valence-electron chi connectivity index (χ1n) is 9.53. The van der Waals surface area contributed by atoms with Gasteiger partial charge in [0.05, 0.1) is 18.9 Å². The van der Waals surface area contributed by atoms with Crippen molar-refractivity contribution >= 4 is 12.1 Å². The SMILES string of the molecule is CN1CC(C(c2ccc(F)cc2)c2ccc(F)cc2)N2/N=C\COC/C(O)=C\2C1=O. The Morgan fingerprint density at radius 2 is 1.63 bits per heavy atom. The second-order valence-electron chi connectivity index (χ2n) is 7.29. The molecule has 2 aliphatic rings. The zero-order valence-electron chi connectivity index (χ0n) is 16.3. The summed E-state index contributed by atoms with van der Waals surface area (Å²) in [5.41, 5.74) is 1.60. The molecule has 6 nitrogen and oxygen atoms in total. The van der Waals surface area contributed by atoms with Gasteiger partial charge >= 0.3 is 0 Å². The summed E-state index contributed by atoms with van der Waals surface area (Å²) in [5, 5.41) is 16.4. The van der Waals surface area contributed by atoms with E-state index in [0.717, 1.165) is 11.1 Å². The topological polar surface area (TPSA) is 65.4 Å².